The monoisotopic (exact) mass is 434 g/mol. The summed E-state index contributed by atoms with van der Waals surface area (Å²) in [6.45, 7) is 0.127. The summed E-state index contributed by atoms with van der Waals surface area (Å²) < 4.78 is 11.1. The topological polar surface area (TPSA) is 132 Å². The summed E-state index contributed by atoms with van der Waals surface area (Å²) in [5.74, 6) is -0.834. The number of rotatable bonds is 4. The average Bonchev–Trinajstić information content (AvgIpc) is 3.09. The highest BCUT2D eigenvalue weighted by atomic mass is 79.9. The van der Waals surface area contributed by atoms with Crippen LogP contribution in [0.15, 0.2) is 46.0 Å². The molecule has 0 unspecified atom stereocenters. The minimum atomic E-state index is -0.999. The first-order valence-electron chi connectivity index (χ1n) is 7.42. The molecule has 0 bridgehead atoms. The number of benzene rings is 2. The Hall–Kier alpha value is -3.47. The molecule has 3 rings (SSSR count). The van der Waals surface area contributed by atoms with Crippen molar-refractivity contribution in [2.75, 3.05) is 12.1 Å². The van der Waals surface area contributed by atoms with Gasteiger partial charge in [0.25, 0.3) is 5.69 Å². The third-order valence-corrected chi connectivity index (χ3v) is 4.09. The zero-order valence-electron chi connectivity index (χ0n) is 13.5. The first-order valence-corrected chi connectivity index (χ1v) is 8.21. The Bertz CT molecular complexity index is 945. The van der Waals surface area contributed by atoms with Gasteiger partial charge in [0.15, 0.2) is 11.5 Å². The molecule has 1 heterocycles. The number of amides is 2. The number of hydrazone groups is 1. The molecule has 2 aromatic carbocycles. The number of anilines is 1. The Morgan fingerprint density at radius 3 is 2.48 bits per heavy atom. The fourth-order valence-corrected chi connectivity index (χ4v) is 2.52. The molecule has 0 saturated carbocycles. The van der Waals surface area contributed by atoms with Crippen LogP contribution in [0.25, 0.3) is 0 Å². The highest BCUT2D eigenvalue weighted by Gasteiger charge is 2.16. The summed E-state index contributed by atoms with van der Waals surface area (Å²) in [7, 11) is 0. The van der Waals surface area contributed by atoms with Crippen LogP contribution < -0.4 is 20.2 Å². The van der Waals surface area contributed by atoms with Crippen LogP contribution in [-0.2, 0) is 9.59 Å². The highest BCUT2D eigenvalue weighted by molar-refractivity contribution is 9.10. The van der Waals surface area contributed by atoms with Gasteiger partial charge in [0.05, 0.1) is 11.1 Å². The lowest BCUT2D eigenvalue weighted by Gasteiger charge is -2.04. The largest absolute Gasteiger partial charge is 0.454 e. The lowest BCUT2D eigenvalue weighted by Crippen LogP contribution is -2.32. The molecule has 2 amide bonds. The van der Waals surface area contributed by atoms with Gasteiger partial charge in [0.2, 0.25) is 6.79 Å². The summed E-state index contributed by atoms with van der Waals surface area (Å²) in [6, 6.07) is 8.42. The first-order chi connectivity index (χ1) is 12.9. The molecular weight excluding hydrogens is 424 g/mol. The normalized spacial score (nSPS) is 12.0. The Morgan fingerprint density at radius 2 is 1.81 bits per heavy atom. The molecule has 0 fully saturated rings. The number of nitrogens with one attached hydrogen (secondary N) is 2. The molecule has 0 spiro atoms. The van der Waals surface area contributed by atoms with E-state index in [1.54, 1.807) is 12.1 Å². The summed E-state index contributed by atoms with van der Waals surface area (Å²) in [5.41, 5.74) is 2.81. The number of carbonyl (C=O) groups is 2. The van der Waals surface area contributed by atoms with Crippen molar-refractivity contribution in [2.45, 2.75) is 0 Å². The van der Waals surface area contributed by atoms with Crippen molar-refractivity contribution < 1.29 is 24.0 Å². The highest BCUT2D eigenvalue weighted by Crippen LogP contribution is 2.36. The van der Waals surface area contributed by atoms with Gasteiger partial charge in [-0.3, -0.25) is 19.7 Å². The fourth-order valence-electron chi connectivity index (χ4n) is 2.10. The van der Waals surface area contributed by atoms with Gasteiger partial charge in [-0.25, -0.2) is 5.43 Å². The van der Waals surface area contributed by atoms with E-state index in [0.717, 1.165) is 0 Å². The second kappa shape index (κ2) is 7.83. The van der Waals surface area contributed by atoms with Crippen LogP contribution in [-0.4, -0.2) is 29.7 Å². The van der Waals surface area contributed by atoms with Gasteiger partial charge in [-0.05, 0) is 40.2 Å². The first kappa shape index (κ1) is 18.3. The molecule has 2 N–H and O–H groups in total. The van der Waals surface area contributed by atoms with Crippen molar-refractivity contribution in [3.63, 3.8) is 0 Å². The quantitative estimate of drug-likeness (QED) is 0.328. The molecule has 1 aliphatic rings. The zero-order valence-corrected chi connectivity index (χ0v) is 15.1. The summed E-state index contributed by atoms with van der Waals surface area (Å²) in [4.78, 5) is 33.6. The lowest BCUT2D eigenvalue weighted by atomic mass is 10.2. The third kappa shape index (κ3) is 4.39. The molecule has 11 heteroatoms. The van der Waals surface area contributed by atoms with Gasteiger partial charge in [-0.1, -0.05) is 0 Å². The number of fused-ring (bicyclic) bond motifs is 1. The van der Waals surface area contributed by atoms with Gasteiger partial charge in [0, 0.05) is 27.9 Å². The molecule has 10 nitrogen and oxygen atoms in total. The number of non-ortho nitro benzene ring substituents is 1. The van der Waals surface area contributed by atoms with Gasteiger partial charge >= 0.3 is 11.8 Å². The maximum absolute atomic E-state index is 11.8. The van der Waals surface area contributed by atoms with Gasteiger partial charge in [0.1, 0.15) is 0 Å². The Balaban J connectivity index is 1.58. The fraction of sp³-hybridized carbons (Fsp3) is 0.0625. The molecule has 0 saturated heterocycles. The second-order valence-electron chi connectivity index (χ2n) is 5.18. The molecule has 138 valence electrons. The van der Waals surface area contributed by atoms with Crippen molar-refractivity contribution in [1.29, 1.82) is 0 Å². The van der Waals surface area contributed by atoms with Crippen molar-refractivity contribution in [2.24, 2.45) is 5.10 Å². The van der Waals surface area contributed by atoms with Crippen LogP contribution in [0.5, 0.6) is 11.5 Å². The smallest absolute Gasteiger partial charge is 0.329 e. The van der Waals surface area contributed by atoms with Crippen LogP contribution in [0.2, 0.25) is 0 Å². The number of hydrogen-bond donors (Lipinski definition) is 2. The zero-order chi connectivity index (χ0) is 19.4. The predicted octanol–water partition coefficient (Wildman–Crippen LogP) is 2.17. The minimum Gasteiger partial charge on any atom is -0.454 e. The number of nitrogens with zero attached hydrogens (tertiary/aromatic N) is 2. The molecule has 2 aromatic rings. The SMILES string of the molecule is O=C(N/N=C\c1cc2c(cc1Br)OCO2)C(=O)Nc1ccc([N+](=O)[O-])cc1. The van der Waals surface area contributed by atoms with E-state index in [1.807, 2.05) is 0 Å². The molecule has 0 aliphatic carbocycles. The van der Waals surface area contributed by atoms with Crippen LogP contribution in [0.4, 0.5) is 11.4 Å². The maximum atomic E-state index is 11.8. The van der Waals surface area contributed by atoms with E-state index in [9.17, 15) is 19.7 Å². The summed E-state index contributed by atoms with van der Waals surface area (Å²) in [6.07, 6.45) is 1.34. The van der Waals surface area contributed by atoms with Crippen LogP contribution in [0.1, 0.15) is 5.56 Å². The Morgan fingerprint density at radius 1 is 1.15 bits per heavy atom. The lowest BCUT2D eigenvalue weighted by molar-refractivity contribution is -0.384. The molecule has 0 radical (unpaired) electrons. The van der Waals surface area contributed by atoms with Crippen molar-refractivity contribution in [3.05, 3.63) is 56.5 Å². The molecule has 0 atom stereocenters. The number of nitro groups is 1. The van der Waals surface area contributed by atoms with Crippen LogP contribution in [0.3, 0.4) is 0 Å². The standard InChI is InChI=1S/C16H11BrN4O6/c17-12-6-14-13(26-8-27-14)5-9(12)7-18-20-16(23)15(22)19-10-1-3-11(4-2-10)21(24)25/h1-7H,8H2,(H,19,22)(H,20,23)/b18-7-. The Kier molecular flexibility index (Phi) is 5.31. The van der Waals surface area contributed by atoms with Crippen molar-refractivity contribution in [3.8, 4) is 11.5 Å². The number of halogens is 1. The minimum absolute atomic E-state index is 0.127. The third-order valence-electron chi connectivity index (χ3n) is 3.40. The predicted molar refractivity (Wildman–Crippen MR) is 97.7 cm³/mol. The van der Waals surface area contributed by atoms with E-state index in [0.29, 0.717) is 21.5 Å². The summed E-state index contributed by atoms with van der Waals surface area (Å²) >= 11 is 3.34. The van der Waals surface area contributed by atoms with Crippen molar-refractivity contribution >= 4 is 45.3 Å². The van der Waals surface area contributed by atoms with E-state index < -0.39 is 16.7 Å². The van der Waals surface area contributed by atoms with E-state index in [4.69, 9.17) is 9.47 Å². The second-order valence-corrected chi connectivity index (χ2v) is 6.04. The molecule has 0 aromatic heterocycles. The van der Waals surface area contributed by atoms with E-state index in [-0.39, 0.29) is 18.2 Å². The van der Waals surface area contributed by atoms with E-state index in [1.165, 1.54) is 30.5 Å². The molecule has 1 aliphatic heterocycles. The van der Waals surface area contributed by atoms with Crippen LogP contribution >= 0.6 is 15.9 Å². The maximum Gasteiger partial charge on any atom is 0.329 e. The van der Waals surface area contributed by atoms with E-state index in [2.05, 4.69) is 31.8 Å². The number of hydrogen-bond acceptors (Lipinski definition) is 7. The van der Waals surface area contributed by atoms with Gasteiger partial charge in [-0.2, -0.15) is 5.10 Å². The molecule has 27 heavy (non-hydrogen) atoms. The number of carbonyl (C=O) groups excluding carboxylic acids is 2. The van der Waals surface area contributed by atoms with Gasteiger partial charge < -0.3 is 14.8 Å². The molecular formula is C16H11BrN4O6. The van der Waals surface area contributed by atoms with E-state index >= 15 is 0 Å². The number of ether oxygens (including phenoxy) is 2. The van der Waals surface area contributed by atoms with Crippen LogP contribution in [0, 0.1) is 10.1 Å². The van der Waals surface area contributed by atoms with Gasteiger partial charge in [-0.15, -0.1) is 0 Å². The Labute approximate surface area is 160 Å². The average molecular weight is 435 g/mol. The van der Waals surface area contributed by atoms with Crippen molar-refractivity contribution in [1.82, 2.24) is 5.43 Å². The summed E-state index contributed by atoms with van der Waals surface area (Å²) in [5, 5.41) is 16.6. The number of nitro benzene ring substituents is 1.